The number of carbonyl (C=O) groups is 1. The Labute approximate surface area is 199 Å². The van der Waals surface area contributed by atoms with E-state index in [1.807, 2.05) is 12.1 Å². The summed E-state index contributed by atoms with van der Waals surface area (Å²) in [5.74, 6) is -0.614. The van der Waals surface area contributed by atoms with Crippen molar-refractivity contribution >= 4 is 21.6 Å². The molecule has 0 spiro atoms. The van der Waals surface area contributed by atoms with Gasteiger partial charge >= 0.3 is 0 Å². The highest BCUT2D eigenvalue weighted by Gasteiger charge is 2.14. The molecule has 1 saturated heterocycles. The van der Waals surface area contributed by atoms with Gasteiger partial charge in [0.15, 0.2) is 0 Å². The average molecular weight is 482 g/mol. The van der Waals surface area contributed by atoms with Gasteiger partial charge in [-0.15, -0.1) is 0 Å². The van der Waals surface area contributed by atoms with E-state index in [-0.39, 0.29) is 17.2 Å². The Kier molecular flexibility index (Phi) is 7.59. The van der Waals surface area contributed by atoms with E-state index in [0.717, 1.165) is 29.8 Å². The predicted molar refractivity (Wildman–Crippen MR) is 130 cm³/mol. The van der Waals surface area contributed by atoms with Crippen LogP contribution in [0.25, 0.3) is 0 Å². The Morgan fingerprint density at radius 1 is 0.824 bits per heavy atom. The first-order valence-electron chi connectivity index (χ1n) is 11.3. The van der Waals surface area contributed by atoms with Gasteiger partial charge < -0.3 is 5.32 Å². The molecule has 6 nitrogen and oxygen atoms in total. The summed E-state index contributed by atoms with van der Waals surface area (Å²) >= 11 is 0. The molecular formula is C26H28FN3O3S. The monoisotopic (exact) mass is 481 g/mol. The van der Waals surface area contributed by atoms with Gasteiger partial charge in [-0.1, -0.05) is 36.4 Å². The smallest absolute Gasteiger partial charge is 0.261 e. The molecule has 3 aromatic rings. The molecule has 2 N–H and O–H groups in total. The van der Waals surface area contributed by atoms with E-state index in [0.29, 0.717) is 12.2 Å². The molecule has 178 valence electrons. The van der Waals surface area contributed by atoms with Crippen LogP contribution in [0.1, 0.15) is 29.5 Å². The first kappa shape index (κ1) is 23.9. The molecule has 1 amide bonds. The molecule has 0 atom stereocenters. The fraction of sp³-hybridized carbons (Fsp3) is 0.269. The van der Waals surface area contributed by atoms with Gasteiger partial charge in [0.05, 0.1) is 11.3 Å². The molecule has 0 aromatic heterocycles. The second kappa shape index (κ2) is 10.8. The normalized spacial score (nSPS) is 14.1. The maximum absolute atomic E-state index is 13.0. The molecule has 0 saturated carbocycles. The van der Waals surface area contributed by atoms with Crippen molar-refractivity contribution in [3.8, 4) is 0 Å². The summed E-state index contributed by atoms with van der Waals surface area (Å²) in [5, 5.41) is 2.93. The van der Waals surface area contributed by atoms with Crippen molar-refractivity contribution in [2.75, 3.05) is 17.8 Å². The number of hydrogen-bond acceptors (Lipinski definition) is 4. The zero-order valence-electron chi connectivity index (χ0n) is 18.8. The van der Waals surface area contributed by atoms with Gasteiger partial charge in [0.2, 0.25) is 5.91 Å². The van der Waals surface area contributed by atoms with Crippen LogP contribution in [0.2, 0.25) is 0 Å². The molecular weight excluding hydrogens is 453 g/mol. The summed E-state index contributed by atoms with van der Waals surface area (Å²) in [7, 11) is -3.81. The number of nitrogens with one attached hydrogen (secondary N) is 2. The van der Waals surface area contributed by atoms with Crippen molar-refractivity contribution in [2.45, 2.75) is 37.2 Å². The third-order valence-corrected chi connectivity index (χ3v) is 7.21. The van der Waals surface area contributed by atoms with Crippen LogP contribution in [-0.2, 0) is 34.3 Å². The number of sulfonamides is 1. The SMILES string of the molecule is O=C(Cc1ccc(NS(=O)(=O)c2ccc(F)cc2)cc1)NCc1ccc(CN2CCCC2)cc1. The lowest BCUT2D eigenvalue weighted by Gasteiger charge is -2.14. The average Bonchev–Trinajstić information content (AvgIpc) is 3.33. The largest absolute Gasteiger partial charge is 0.352 e. The molecule has 0 aliphatic carbocycles. The highest BCUT2D eigenvalue weighted by Crippen LogP contribution is 2.18. The third kappa shape index (κ3) is 6.65. The number of hydrogen-bond donors (Lipinski definition) is 2. The van der Waals surface area contributed by atoms with Crippen LogP contribution in [0.15, 0.2) is 77.7 Å². The number of rotatable bonds is 9. The quantitative estimate of drug-likeness (QED) is 0.483. The molecule has 0 radical (unpaired) electrons. The molecule has 0 unspecified atom stereocenters. The van der Waals surface area contributed by atoms with Gasteiger partial charge in [-0.05, 0) is 79.0 Å². The van der Waals surface area contributed by atoms with E-state index < -0.39 is 15.8 Å². The summed E-state index contributed by atoms with van der Waals surface area (Å²) in [5.41, 5.74) is 3.46. The van der Waals surface area contributed by atoms with E-state index in [1.54, 1.807) is 24.3 Å². The standard InChI is InChI=1S/C26H28FN3O3S/c27-23-9-13-25(14-10-23)34(32,33)29-24-11-7-20(8-12-24)17-26(31)28-18-21-3-5-22(6-4-21)19-30-15-1-2-16-30/h3-14,29H,1-2,15-19H2,(H,28,31). The lowest BCUT2D eigenvalue weighted by Crippen LogP contribution is -2.24. The van der Waals surface area contributed by atoms with Crippen molar-refractivity contribution in [2.24, 2.45) is 0 Å². The first-order chi connectivity index (χ1) is 16.4. The van der Waals surface area contributed by atoms with Crippen molar-refractivity contribution < 1.29 is 17.6 Å². The van der Waals surface area contributed by atoms with Crippen molar-refractivity contribution in [1.29, 1.82) is 0 Å². The predicted octanol–water partition coefficient (Wildman–Crippen LogP) is 4.08. The van der Waals surface area contributed by atoms with Crippen LogP contribution >= 0.6 is 0 Å². The molecule has 8 heteroatoms. The second-order valence-electron chi connectivity index (χ2n) is 8.51. The van der Waals surface area contributed by atoms with Gasteiger partial charge in [-0.2, -0.15) is 0 Å². The Morgan fingerprint density at radius 2 is 1.41 bits per heavy atom. The lowest BCUT2D eigenvalue weighted by atomic mass is 10.1. The van der Waals surface area contributed by atoms with E-state index in [9.17, 15) is 17.6 Å². The maximum Gasteiger partial charge on any atom is 0.261 e. The van der Waals surface area contributed by atoms with Crippen LogP contribution in [0.5, 0.6) is 0 Å². The Hall–Kier alpha value is -3.23. The molecule has 0 bridgehead atoms. The number of benzene rings is 3. The fourth-order valence-corrected chi connectivity index (χ4v) is 4.99. The van der Waals surface area contributed by atoms with Crippen molar-refractivity contribution in [1.82, 2.24) is 10.2 Å². The number of amides is 1. The van der Waals surface area contributed by atoms with Gasteiger partial charge in [-0.25, -0.2) is 12.8 Å². The van der Waals surface area contributed by atoms with Gasteiger partial charge in [-0.3, -0.25) is 14.4 Å². The maximum atomic E-state index is 13.0. The Bertz CT molecular complexity index is 1210. The van der Waals surface area contributed by atoms with E-state index in [2.05, 4.69) is 27.1 Å². The molecule has 1 heterocycles. The van der Waals surface area contributed by atoms with Crippen LogP contribution < -0.4 is 10.0 Å². The third-order valence-electron chi connectivity index (χ3n) is 5.81. The molecule has 1 aliphatic rings. The number of halogens is 1. The molecule has 4 rings (SSSR count). The van der Waals surface area contributed by atoms with Crippen LogP contribution in [-0.4, -0.2) is 32.3 Å². The van der Waals surface area contributed by atoms with Gasteiger partial charge in [0, 0.05) is 18.8 Å². The summed E-state index contributed by atoms with van der Waals surface area (Å²) in [4.78, 5) is 14.8. The topological polar surface area (TPSA) is 78.5 Å². The van der Waals surface area contributed by atoms with Crippen molar-refractivity contribution in [3.05, 3.63) is 95.3 Å². The van der Waals surface area contributed by atoms with Crippen LogP contribution in [0.3, 0.4) is 0 Å². The highest BCUT2D eigenvalue weighted by atomic mass is 32.2. The van der Waals surface area contributed by atoms with E-state index >= 15 is 0 Å². The minimum atomic E-state index is -3.81. The minimum absolute atomic E-state index is 0.0265. The van der Waals surface area contributed by atoms with Gasteiger partial charge in [0.25, 0.3) is 10.0 Å². The summed E-state index contributed by atoms with van der Waals surface area (Å²) in [6.07, 6.45) is 2.74. The number of likely N-dealkylation sites (tertiary alicyclic amines) is 1. The van der Waals surface area contributed by atoms with Crippen molar-refractivity contribution in [3.63, 3.8) is 0 Å². The second-order valence-corrected chi connectivity index (χ2v) is 10.2. The fourth-order valence-electron chi connectivity index (χ4n) is 3.93. The molecule has 3 aromatic carbocycles. The zero-order valence-corrected chi connectivity index (χ0v) is 19.7. The summed E-state index contributed by atoms with van der Waals surface area (Å²) in [6, 6.07) is 19.5. The summed E-state index contributed by atoms with van der Waals surface area (Å²) in [6.45, 7) is 3.76. The number of nitrogens with zero attached hydrogens (tertiary/aromatic N) is 1. The van der Waals surface area contributed by atoms with E-state index in [1.165, 1.54) is 43.6 Å². The first-order valence-corrected chi connectivity index (χ1v) is 12.8. The summed E-state index contributed by atoms with van der Waals surface area (Å²) < 4.78 is 40.3. The molecule has 1 aliphatic heterocycles. The number of carbonyl (C=O) groups excluding carboxylic acids is 1. The number of anilines is 1. The molecule has 34 heavy (non-hydrogen) atoms. The Balaban J connectivity index is 1.25. The van der Waals surface area contributed by atoms with Crippen LogP contribution in [0, 0.1) is 5.82 Å². The van der Waals surface area contributed by atoms with Gasteiger partial charge in [0.1, 0.15) is 5.82 Å². The Morgan fingerprint density at radius 3 is 2.06 bits per heavy atom. The van der Waals surface area contributed by atoms with Crippen LogP contribution in [0.4, 0.5) is 10.1 Å². The minimum Gasteiger partial charge on any atom is -0.352 e. The lowest BCUT2D eigenvalue weighted by molar-refractivity contribution is -0.120. The molecule has 1 fully saturated rings. The zero-order chi connectivity index (χ0) is 24.0. The highest BCUT2D eigenvalue weighted by molar-refractivity contribution is 7.92. The van der Waals surface area contributed by atoms with E-state index in [4.69, 9.17) is 0 Å².